The second-order valence-corrected chi connectivity index (χ2v) is 6.22. The normalized spacial score (nSPS) is 11.8. The quantitative estimate of drug-likeness (QED) is 0.770. The van der Waals surface area contributed by atoms with Gasteiger partial charge in [0.1, 0.15) is 5.56 Å². The fraction of sp³-hybridized carbons (Fsp3) is 0.316. The summed E-state index contributed by atoms with van der Waals surface area (Å²) in [5.41, 5.74) is 4.94. The molecule has 6 heteroatoms. The zero-order valence-corrected chi connectivity index (χ0v) is 14.9. The Morgan fingerprint density at radius 3 is 2.56 bits per heavy atom. The predicted molar refractivity (Wildman–Crippen MR) is 98.1 cm³/mol. The van der Waals surface area contributed by atoms with Crippen molar-refractivity contribution < 1.29 is 9.50 Å². The molecule has 1 amide bonds. The first-order valence-electron chi connectivity index (χ1n) is 8.23. The molecule has 25 heavy (non-hydrogen) atoms. The number of carbonyl (C=O) groups excluding carboxylic acids is 1. The van der Waals surface area contributed by atoms with E-state index < -0.39 is 0 Å². The van der Waals surface area contributed by atoms with Gasteiger partial charge in [-0.15, -0.1) is 0 Å². The van der Waals surface area contributed by atoms with E-state index in [0.29, 0.717) is 17.1 Å². The summed E-state index contributed by atoms with van der Waals surface area (Å²) in [5, 5.41) is 7.19. The highest BCUT2D eigenvalue weighted by Crippen LogP contribution is 2.21. The van der Waals surface area contributed by atoms with Crippen molar-refractivity contribution in [3.63, 3.8) is 0 Å². The number of amides is 1. The number of nitrogens with one attached hydrogen (secondary N) is 1. The van der Waals surface area contributed by atoms with Gasteiger partial charge < -0.3 is 5.32 Å². The van der Waals surface area contributed by atoms with Crippen LogP contribution in [0.1, 0.15) is 53.5 Å². The predicted octanol–water partition coefficient (Wildman–Crippen LogP) is 4.26. The lowest BCUT2D eigenvalue weighted by atomic mass is 9.99. The van der Waals surface area contributed by atoms with Crippen LogP contribution in [-0.2, 0) is 0 Å². The van der Waals surface area contributed by atoms with Crippen molar-refractivity contribution in [1.29, 1.82) is 0 Å². The second-order valence-electron chi connectivity index (χ2n) is 6.22. The third-order valence-electron chi connectivity index (χ3n) is 4.37. The standard InChI is InChI=1S/C19H22N4O.FH/c1-5-12(2)15-6-8-16(9-7-15)22-19(24)17-11-20-23-14(4)10-13(3)21-18(17)23;/h6-12H,5H2,1-4H3,(H,22,24);1H. The Hall–Kier alpha value is -2.76. The van der Waals surface area contributed by atoms with Crippen LogP contribution >= 0.6 is 0 Å². The first-order chi connectivity index (χ1) is 11.5. The van der Waals surface area contributed by atoms with Crippen LogP contribution < -0.4 is 5.32 Å². The van der Waals surface area contributed by atoms with Crippen LogP contribution in [0.3, 0.4) is 0 Å². The first-order valence-corrected chi connectivity index (χ1v) is 8.23. The van der Waals surface area contributed by atoms with Crippen molar-refractivity contribution in [2.75, 3.05) is 5.32 Å². The number of rotatable bonds is 4. The van der Waals surface area contributed by atoms with E-state index in [0.717, 1.165) is 23.5 Å². The molecular weight excluding hydrogens is 319 g/mol. The minimum absolute atomic E-state index is 0. The molecule has 2 heterocycles. The Bertz CT molecular complexity index is 886. The minimum Gasteiger partial charge on any atom is -0.322 e. The van der Waals surface area contributed by atoms with Gasteiger partial charge in [-0.3, -0.25) is 9.50 Å². The summed E-state index contributed by atoms with van der Waals surface area (Å²) >= 11 is 0. The summed E-state index contributed by atoms with van der Waals surface area (Å²) < 4.78 is 1.69. The molecule has 1 aromatic carbocycles. The van der Waals surface area contributed by atoms with Crippen LogP contribution in [0.5, 0.6) is 0 Å². The summed E-state index contributed by atoms with van der Waals surface area (Å²) in [6.45, 7) is 8.23. The number of halogens is 1. The topological polar surface area (TPSA) is 59.3 Å². The number of hydrogen-bond donors (Lipinski definition) is 1. The fourth-order valence-electron chi connectivity index (χ4n) is 2.76. The molecule has 132 valence electrons. The number of anilines is 1. The average Bonchev–Trinajstić information content (AvgIpc) is 2.99. The van der Waals surface area contributed by atoms with Crippen LogP contribution in [0.2, 0.25) is 0 Å². The van der Waals surface area contributed by atoms with Gasteiger partial charge >= 0.3 is 0 Å². The Labute approximate surface area is 146 Å². The monoisotopic (exact) mass is 342 g/mol. The Morgan fingerprint density at radius 1 is 1.24 bits per heavy atom. The maximum Gasteiger partial charge on any atom is 0.261 e. The van der Waals surface area contributed by atoms with Gasteiger partial charge in [-0.25, -0.2) is 9.50 Å². The van der Waals surface area contributed by atoms with Gasteiger partial charge in [-0.2, -0.15) is 5.10 Å². The lowest BCUT2D eigenvalue weighted by molar-refractivity contribution is 0.102. The SMILES string of the molecule is CCC(C)c1ccc(NC(=O)c2cnn3c(C)cc(C)nc23)cc1.F. The van der Waals surface area contributed by atoms with E-state index in [1.54, 1.807) is 10.7 Å². The minimum atomic E-state index is -0.196. The Morgan fingerprint density at radius 2 is 1.92 bits per heavy atom. The number of hydrogen-bond acceptors (Lipinski definition) is 3. The third-order valence-corrected chi connectivity index (χ3v) is 4.37. The molecule has 0 bridgehead atoms. The van der Waals surface area contributed by atoms with Crippen LogP contribution in [-0.4, -0.2) is 20.5 Å². The van der Waals surface area contributed by atoms with E-state index in [4.69, 9.17) is 0 Å². The summed E-state index contributed by atoms with van der Waals surface area (Å²) in [6.07, 6.45) is 2.66. The number of fused-ring (bicyclic) bond motifs is 1. The molecule has 5 nitrogen and oxygen atoms in total. The van der Waals surface area contributed by atoms with Crippen molar-refractivity contribution in [3.05, 3.63) is 59.0 Å². The van der Waals surface area contributed by atoms with Crippen molar-refractivity contribution >= 4 is 17.2 Å². The number of benzene rings is 1. The van der Waals surface area contributed by atoms with Crippen molar-refractivity contribution in [2.24, 2.45) is 0 Å². The van der Waals surface area contributed by atoms with E-state index in [1.165, 1.54) is 5.56 Å². The van der Waals surface area contributed by atoms with Gasteiger partial charge in [0.15, 0.2) is 5.65 Å². The Balaban J connectivity index is 0.00000225. The summed E-state index contributed by atoms with van der Waals surface area (Å²) in [4.78, 5) is 17.0. The highest BCUT2D eigenvalue weighted by molar-refractivity contribution is 6.08. The first kappa shape index (κ1) is 18.6. The molecule has 0 aliphatic carbocycles. The lowest BCUT2D eigenvalue weighted by Crippen LogP contribution is -2.12. The summed E-state index contributed by atoms with van der Waals surface area (Å²) in [6, 6.07) is 9.94. The van der Waals surface area contributed by atoms with Crippen LogP contribution in [0.4, 0.5) is 10.4 Å². The van der Waals surface area contributed by atoms with Gasteiger partial charge in [0, 0.05) is 17.1 Å². The molecule has 1 atom stereocenters. The van der Waals surface area contributed by atoms with Crippen LogP contribution in [0.25, 0.3) is 5.65 Å². The highest BCUT2D eigenvalue weighted by atomic mass is 19.0. The van der Waals surface area contributed by atoms with Crippen molar-refractivity contribution in [3.8, 4) is 0 Å². The molecule has 1 unspecified atom stereocenters. The number of aryl methyl sites for hydroxylation is 2. The molecule has 0 radical (unpaired) electrons. The molecule has 2 aromatic heterocycles. The van der Waals surface area contributed by atoms with E-state index in [1.807, 2.05) is 32.0 Å². The molecule has 0 aliphatic rings. The zero-order chi connectivity index (χ0) is 17.3. The molecular formula is C19H23FN4O. The molecule has 1 N–H and O–H groups in total. The summed E-state index contributed by atoms with van der Waals surface area (Å²) in [5.74, 6) is 0.323. The lowest BCUT2D eigenvalue weighted by Gasteiger charge is -2.10. The summed E-state index contributed by atoms with van der Waals surface area (Å²) in [7, 11) is 0. The van der Waals surface area contributed by atoms with Gasteiger partial charge in [0.25, 0.3) is 5.91 Å². The number of aromatic nitrogens is 3. The van der Waals surface area contributed by atoms with Gasteiger partial charge in [0.05, 0.1) is 6.20 Å². The number of carbonyl (C=O) groups is 1. The van der Waals surface area contributed by atoms with Crippen LogP contribution in [0.15, 0.2) is 36.5 Å². The van der Waals surface area contributed by atoms with Crippen LogP contribution in [0, 0.1) is 13.8 Å². The Kier molecular flexibility index (Phi) is 5.51. The van der Waals surface area contributed by atoms with E-state index in [2.05, 4.69) is 41.4 Å². The van der Waals surface area contributed by atoms with E-state index in [9.17, 15) is 4.79 Å². The van der Waals surface area contributed by atoms with Crippen molar-refractivity contribution in [1.82, 2.24) is 14.6 Å². The molecule has 0 fully saturated rings. The third kappa shape index (κ3) is 3.68. The zero-order valence-electron chi connectivity index (χ0n) is 14.9. The fourth-order valence-corrected chi connectivity index (χ4v) is 2.76. The second kappa shape index (κ2) is 7.42. The van der Waals surface area contributed by atoms with Gasteiger partial charge in [0.2, 0.25) is 0 Å². The molecule has 3 rings (SSSR count). The van der Waals surface area contributed by atoms with E-state index in [-0.39, 0.29) is 10.6 Å². The highest BCUT2D eigenvalue weighted by Gasteiger charge is 2.15. The molecule has 0 saturated heterocycles. The maximum atomic E-state index is 12.6. The van der Waals surface area contributed by atoms with Gasteiger partial charge in [-0.1, -0.05) is 26.0 Å². The molecule has 0 aliphatic heterocycles. The smallest absolute Gasteiger partial charge is 0.261 e. The molecule has 0 spiro atoms. The molecule has 0 saturated carbocycles. The average molecular weight is 342 g/mol. The largest absolute Gasteiger partial charge is 0.322 e. The number of nitrogens with zero attached hydrogens (tertiary/aromatic N) is 3. The van der Waals surface area contributed by atoms with Crippen molar-refractivity contribution in [2.45, 2.75) is 40.0 Å². The molecule has 3 aromatic rings. The maximum absolute atomic E-state index is 12.6. The van der Waals surface area contributed by atoms with Gasteiger partial charge in [-0.05, 0) is 49.9 Å². The van der Waals surface area contributed by atoms with E-state index >= 15 is 0 Å².